The van der Waals surface area contributed by atoms with E-state index in [0.717, 1.165) is 29.8 Å². The van der Waals surface area contributed by atoms with Crippen LogP contribution in [0.1, 0.15) is 69.0 Å². The molecule has 0 bridgehead atoms. The van der Waals surface area contributed by atoms with Crippen LogP contribution in [0.3, 0.4) is 0 Å². The van der Waals surface area contributed by atoms with Gasteiger partial charge in [-0.3, -0.25) is 0 Å². The van der Waals surface area contributed by atoms with Crippen LogP contribution in [0.15, 0.2) is 0 Å². The SMILES string of the molecule is CCNc1nc(C2CCCC(CC)C2)nc(C)c1C. The van der Waals surface area contributed by atoms with E-state index < -0.39 is 0 Å². The van der Waals surface area contributed by atoms with Gasteiger partial charge >= 0.3 is 0 Å². The first-order chi connectivity index (χ1) is 9.15. The maximum Gasteiger partial charge on any atom is 0.134 e. The first kappa shape index (κ1) is 14.3. The summed E-state index contributed by atoms with van der Waals surface area (Å²) in [5, 5.41) is 3.37. The van der Waals surface area contributed by atoms with Crippen molar-refractivity contribution >= 4 is 5.82 Å². The summed E-state index contributed by atoms with van der Waals surface area (Å²) < 4.78 is 0. The van der Waals surface area contributed by atoms with E-state index in [1.54, 1.807) is 0 Å². The Morgan fingerprint density at radius 1 is 1.16 bits per heavy atom. The molecule has 3 nitrogen and oxygen atoms in total. The number of nitrogens with one attached hydrogen (secondary N) is 1. The van der Waals surface area contributed by atoms with Crippen molar-refractivity contribution in [1.82, 2.24) is 9.97 Å². The highest BCUT2D eigenvalue weighted by Gasteiger charge is 2.25. The largest absolute Gasteiger partial charge is 0.370 e. The maximum atomic E-state index is 4.79. The third-order valence-electron chi connectivity index (χ3n) is 4.48. The van der Waals surface area contributed by atoms with Crippen molar-refractivity contribution in [2.75, 3.05) is 11.9 Å². The highest BCUT2D eigenvalue weighted by molar-refractivity contribution is 5.45. The number of aryl methyl sites for hydroxylation is 1. The predicted molar refractivity (Wildman–Crippen MR) is 80.7 cm³/mol. The Balaban J connectivity index is 2.24. The molecule has 1 heterocycles. The van der Waals surface area contributed by atoms with E-state index in [4.69, 9.17) is 9.97 Å². The van der Waals surface area contributed by atoms with Crippen molar-refractivity contribution in [2.24, 2.45) is 5.92 Å². The fourth-order valence-electron chi connectivity index (χ4n) is 3.07. The second-order valence-electron chi connectivity index (χ2n) is 5.81. The molecule has 0 radical (unpaired) electrons. The van der Waals surface area contributed by atoms with E-state index in [1.165, 1.54) is 37.7 Å². The molecule has 0 amide bonds. The molecule has 2 atom stereocenters. The van der Waals surface area contributed by atoms with Crippen molar-refractivity contribution < 1.29 is 0 Å². The number of nitrogens with zero attached hydrogens (tertiary/aromatic N) is 2. The molecular formula is C16H27N3. The molecule has 2 rings (SSSR count). The molecule has 0 spiro atoms. The zero-order chi connectivity index (χ0) is 13.8. The summed E-state index contributed by atoms with van der Waals surface area (Å²) in [4.78, 5) is 9.55. The Bertz CT molecular complexity index is 428. The first-order valence-electron chi connectivity index (χ1n) is 7.74. The average Bonchev–Trinajstić information content (AvgIpc) is 2.44. The molecule has 0 aromatic carbocycles. The number of rotatable bonds is 4. The van der Waals surface area contributed by atoms with Crippen molar-refractivity contribution in [3.8, 4) is 0 Å². The molecular weight excluding hydrogens is 234 g/mol. The van der Waals surface area contributed by atoms with Crippen LogP contribution in [-0.4, -0.2) is 16.5 Å². The lowest BCUT2D eigenvalue weighted by Gasteiger charge is -2.28. The van der Waals surface area contributed by atoms with Crippen LogP contribution in [-0.2, 0) is 0 Å². The molecule has 1 aliphatic carbocycles. The van der Waals surface area contributed by atoms with Gasteiger partial charge in [-0.2, -0.15) is 0 Å². The maximum absolute atomic E-state index is 4.79. The minimum atomic E-state index is 0.565. The number of hydrogen-bond donors (Lipinski definition) is 1. The Labute approximate surface area is 117 Å². The van der Waals surface area contributed by atoms with E-state index in [-0.39, 0.29) is 0 Å². The number of aromatic nitrogens is 2. The second-order valence-corrected chi connectivity index (χ2v) is 5.81. The van der Waals surface area contributed by atoms with Crippen LogP contribution < -0.4 is 5.32 Å². The Morgan fingerprint density at radius 3 is 2.63 bits per heavy atom. The third kappa shape index (κ3) is 3.26. The van der Waals surface area contributed by atoms with E-state index >= 15 is 0 Å². The van der Waals surface area contributed by atoms with Crippen LogP contribution in [0.4, 0.5) is 5.82 Å². The summed E-state index contributed by atoms with van der Waals surface area (Å²) in [5.74, 6) is 3.53. The van der Waals surface area contributed by atoms with Crippen LogP contribution in [0.5, 0.6) is 0 Å². The van der Waals surface area contributed by atoms with Gasteiger partial charge in [0.1, 0.15) is 11.6 Å². The van der Waals surface area contributed by atoms with Crippen molar-refractivity contribution in [2.45, 2.75) is 65.7 Å². The van der Waals surface area contributed by atoms with E-state index in [1.807, 2.05) is 0 Å². The number of hydrogen-bond acceptors (Lipinski definition) is 3. The molecule has 1 saturated carbocycles. The predicted octanol–water partition coefficient (Wildman–Crippen LogP) is 4.21. The smallest absolute Gasteiger partial charge is 0.134 e. The summed E-state index contributed by atoms with van der Waals surface area (Å²) in [7, 11) is 0. The van der Waals surface area contributed by atoms with E-state index in [9.17, 15) is 0 Å². The van der Waals surface area contributed by atoms with Gasteiger partial charge in [0.05, 0.1) is 0 Å². The normalized spacial score (nSPS) is 23.4. The molecule has 0 aliphatic heterocycles. The lowest BCUT2D eigenvalue weighted by atomic mass is 9.80. The minimum absolute atomic E-state index is 0.565. The summed E-state index contributed by atoms with van der Waals surface area (Å²) in [6.45, 7) is 9.54. The zero-order valence-electron chi connectivity index (χ0n) is 12.8. The monoisotopic (exact) mass is 261 g/mol. The summed E-state index contributed by atoms with van der Waals surface area (Å²) in [5.41, 5.74) is 2.31. The van der Waals surface area contributed by atoms with E-state index in [0.29, 0.717) is 5.92 Å². The number of anilines is 1. The Kier molecular flexibility index (Phi) is 4.78. The van der Waals surface area contributed by atoms with Gasteiger partial charge in [-0.05, 0) is 39.5 Å². The van der Waals surface area contributed by atoms with Crippen LogP contribution in [0.2, 0.25) is 0 Å². The Hall–Kier alpha value is -1.12. The lowest BCUT2D eigenvalue weighted by molar-refractivity contribution is 0.307. The average molecular weight is 261 g/mol. The first-order valence-corrected chi connectivity index (χ1v) is 7.74. The molecule has 2 unspecified atom stereocenters. The van der Waals surface area contributed by atoms with Crippen molar-refractivity contribution in [3.05, 3.63) is 17.1 Å². The van der Waals surface area contributed by atoms with Gasteiger partial charge in [-0.25, -0.2) is 9.97 Å². The van der Waals surface area contributed by atoms with Crippen molar-refractivity contribution in [1.29, 1.82) is 0 Å². The Morgan fingerprint density at radius 2 is 1.95 bits per heavy atom. The van der Waals surface area contributed by atoms with Gasteiger partial charge in [-0.15, -0.1) is 0 Å². The minimum Gasteiger partial charge on any atom is -0.370 e. The zero-order valence-corrected chi connectivity index (χ0v) is 12.8. The molecule has 1 fully saturated rings. The highest BCUT2D eigenvalue weighted by atomic mass is 15.0. The highest BCUT2D eigenvalue weighted by Crippen LogP contribution is 2.36. The fourth-order valence-corrected chi connectivity index (χ4v) is 3.07. The molecule has 19 heavy (non-hydrogen) atoms. The van der Waals surface area contributed by atoms with Crippen LogP contribution >= 0.6 is 0 Å². The standard InChI is InChI=1S/C16H27N3/c1-5-13-8-7-9-14(10-13)16-18-12(4)11(3)15(19-16)17-6-2/h13-14H,5-10H2,1-4H3,(H,17,18,19). The molecule has 1 aromatic heterocycles. The molecule has 1 N–H and O–H groups in total. The molecule has 1 aliphatic rings. The van der Waals surface area contributed by atoms with Gasteiger partial charge in [0.15, 0.2) is 0 Å². The van der Waals surface area contributed by atoms with E-state index in [2.05, 4.69) is 33.0 Å². The quantitative estimate of drug-likeness (QED) is 0.882. The lowest BCUT2D eigenvalue weighted by Crippen LogP contribution is -2.17. The van der Waals surface area contributed by atoms with Gasteiger partial charge in [-0.1, -0.05) is 26.2 Å². The van der Waals surface area contributed by atoms with Gasteiger partial charge in [0, 0.05) is 23.7 Å². The second kappa shape index (κ2) is 6.36. The van der Waals surface area contributed by atoms with Crippen molar-refractivity contribution in [3.63, 3.8) is 0 Å². The molecule has 0 saturated heterocycles. The summed E-state index contributed by atoms with van der Waals surface area (Å²) in [6, 6.07) is 0. The fraction of sp³-hybridized carbons (Fsp3) is 0.750. The molecule has 1 aromatic rings. The summed E-state index contributed by atoms with van der Waals surface area (Å²) in [6.07, 6.45) is 6.53. The summed E-state index contributed by atoms with van der Waals surface area (Å²) >= 11 is 0. The van der Waals surface area contributed by atoms with Gasteiger partial charge < -0.3 is 5.32 Å². The molecule has 3 heteroatoms. The topological polar surface area (TPSA) is 37.8 Å². The van der Waals surface area contributed by atoms with Gasteiger partial charge in [0.25, 0.3) is 0 Å². The van der Waals surface area contributed by atoms with Gasteiger partial charge in [0.2, 0.25) is 0 Å². The van der Waals surface area contributed by atoms with Crippen LogP contribution in [0, 0.1) is 19.8 Å². The van der Waals surface area contributed by atoms with Crippen LogP contribution in [0.25, 0.3) is 0 Å². The third-order valence-corrected chi connectivity index (χ3v) is 4.48. The molecule has 106 valence electrons.